The molecule has 0 aliphatic carbocycles. The Labute approximate surface area is 82.3 Å². The highest BCUT2D eigenvalue weighted by molar-refractivity contribution is 5.58. The normalized spacial score (nSPS) is 23.8. The van der Waals surface area contributed by atoms with Crippen LogP contribution in [0.1, 0.15) is 5.56 Å². The summed E-state index contributed by atoms with van der Waals surface area (Å²) in [5.74, 6) is -0.146. The first-order chi connectivity index (χ1) is 6.83. The third kappa shape index (κ3) is 1.38. The van der Waals surface area contributed by atoms with Crippen molar-refractivity contribution < 1.29 is 9.13 Å². The van der Waals surface area contributed by atoms with E-state index in [2.05, 4.69) is 4.90 Å². The number of anilines is 1. The molecule has 3 rings (SSSR count). The molecular weight excluding hydrogens is 181 g/mol. The average molecular weight is 193 g/mol. The Morgan fingerprint density at radius 3 is 3.14 bits per heavy atom. The Kier molecular flexibility index (Phi) is 1.74. The smallest absolute Gasteiger partial charge is 0.125 e. The zero-order valence-corrected chi connectivity index (χ0v) is 7.87. The van der Waals surface area contributed by atoms with Gasteiger partial charge < -0.3 is 9.64 Å². The van der Waals surface area contributed by atoms with Gasteiger partial charge in [0.1, 0.15) is 5.82 Å². The molecule has 2 aliphatic rings. The molecule has 0 saturated carbocycles. The number of rotatable bonds is 2. The second kappa shape index (κ2) is 2.95. The van der Waals surface area contributed by atoms with Gasteiger partial charge in [0.2, 0.25) is 0 Å². The maximum Gasteiger partial charge on any atom is 0.125 e. The van der Waals surface area contributed by atoms with Crippen LogP contribution in [0, 0.1) is 5.82 Å². The van der Waals surface area contributed by atoms with E-state index in [9.17, 15) is 4.39 Å². The van der Waals surface area contributed by atoms with Gasteiger partial charge in [0, 0.05) is 18.8 Å². The van der Waals surface area contributed by atoms with Crippen LogP contribution in [0.5, 0.6) is 0 Å². The number of fused-ring (bicyclic) bond motifs is 1. The van der Waals surface area contributed by atoms with Crippen LogP contribution in [-0.4, -0.2) is 25.8 Å². The van der Waals surface area contributed by atoms with Crippen LogP contribution in [0.3, 0.4) is 0 Å². The van der Waals surface area contributed by atoms with Gasteiger partial charge in [-0.2, -0.15) is 0 Å². The lowest BCUT2D eigenvalue weighted by Gasteiger charge is -2.17. The zero-order valence-electron chi connectivity index (χ0n) is 7.87. The molecule has 1 unspecified atom stereocenters. The molecule has 1 atom stereocenters. The van der Waals surface area contributed by atoms with Crippen LogP contribution in [-0.2, 0) is 11.2 Å². The Morgan fingerprint density at radius 2 is 2.36 bits per heavy atom. The van der Waals surface area contributed by atoms with E-state index in [-0.39, 0.29) is 5.82 Å². The van der Waals surface area contributed by atoms with Crippen molar-refractivity contribution in [3.05, 3.63) is 29.6 Å². The fraction of sp³-hybridized carbons (Fsp3) is 0.455. The molecule has 1 aromatic carbocycles. The van der Waals surface area contributed by atoms with Crippen LogP contribution in [0.2, 0.25) is 0 Å². The summed E-state index contributed by atoms with van der Waals surface area (Å²) >= 11 is 0. The number of epoxide rings is 1. The summed E-state index contributed by atoms with van der Waals surface area (Å²) in [6.45, 7) is 2.77. The summed E-state index contributed by atoms with van der Waals surface area (Å²) in [7, 11) is 0. The van der Waals surface area contributed by atoms with Gasteiger partial charge in [0.25, 0.3) is 0 Å². The third-order valence-corrected chi connectivity index (χ3v) is 2.87. The predicted octanol–water partition coefficient (Wildman–Crippen LogP) is 1.59. The fourth-order valence-corrected chi connectivity index (χ4v) is 2.03. The first-order valence-corrected chi connectivity index (χ1v) is 4.98. The third-order valence-electron chi connectivity index (χ3n) is 2.87. The Hall–Kier alpha value is -1.09. The van der Waals surface area contributed by atoms with Gasteiger partial charge >= 0.3 is 0 Å². The second-order valence-electron chi connectivity index (χ2n) is 3.92. The predicted molar refractivity (Wildman–Crippen MR) is 52.1 cm³/mol. The molecule has 0 aromatic heterocycles. The molecule has 74 valence electrons. The Bertz CT molecular complexity index is 362. The van der Waals surface area contributed by atoms with E-state index in [1.165, 1.54) is 11.6 Å². The Balaban J connectivity index is 1.87. The maximum atomic E-state index is 13.0. The molecule has 3 heteroatoms. The second-order valence-corrected chi connectivity index (χ2v) is 3.92. The van der Waals surface area contributed by atoms with Gasteiger partial charge in [-0.05, 0) is 24.1 Å². The number of nitrogens with zero attached hydrogens (tertiary/aromatic N) is 1. The standard InChI is InChI=1S/C11H12FNO/c12-9-2-1-8-3-4-13(11(8)5-9)6-10-7-14-10/h1-2,5,10H,3-4,6-7H2. The van der Waals surface area contributed by atoms with Crippen molar-refractivity contribution in [2.45, 2.75) is 12.5 Å². The highest BCUT2D eigenvalue weighted by atomic mass is 19.1. The molecule has 1 fully saturated rings. The summed E-state index contributed by atoms with van der Waals surface area (Å²) in [6, 6.07) is 5.05. The van der Waals surface area contributed by atoms with Gasteiger partial charge in [-0.3, -0.25) is 0 Å². The van der Waals surface area contributed by atoms with Gasteiger partial charge in [0.05, 0.1) is 12.7 Å². The van der Waals surface area contributed by atoms with Gasteiger partial charge in [-0.15, -0.1) is 0 Å². The van der Waals surface area contributed by atoms with Crippen LogP contribution < -0.4 is 4.90 Å². The minimum absolute atomic E-state index is 0.146. The molecule has 0 radical (unpaired) electrons. The largest absolute Gasteiger partial charge is 0.371 e. The van der Waals surface area contributed by atoms with Crippen molar-refractivity contribution >= 4 is 5.69 Å². The van der Waals surface area contributed by atoms with Crippen molar-refractivity contribution in [1.29, 1.82) is 0 Å². The molecule has 2 aliphatic heterocycles. The molecular formula is C11H12FNO. The highest BCUT2D eigenvalue weighted by Crippen LogP contribution is 2.29. The average Bonchev–Trinajstić information content (AvgIpc) is 2.90. The van der Waals surface area contributed by atoms with Crippen molar-refractivity contribution in [3.63, 3.8) is 0 Å². The summed E-state index contributed by atoms with van der Waals surface area (Å²) < 4.78 is 18.2. The Morgan fingerprint density at radius 1 is 1.50 bits per heavy atom. The van der Waals surface area contributed by atoms with Crippen molar-refractivity contribution in [2.75, 3.05) is 24.6 Å². The van der Waals surface area contributed by atoms with Gasteiger partial charge in [-0.1, -0.05) is 6.07 Å². The molecule has 14 heavy (non-hydrogen) atoms. The molecule has 2 nitrogen and oxygen atoms in total. The van der Waals surface area contributed by atoms with E-state index < -0.39 is 0 Å². The van der Waals surface area contributed by atoms with Crippen molar-refractivity contribution in [2.24, 2.45) is 0 Å². The first kappa shape index (κ1) is 8.24. The minimum Gasteiger partial charge on any atom is -0.371 e. The molecule has 0 bridgehead atoms. The monoisotopic (exact) mass is 193 g/mol. The van der Waals surface area contributed by atoms with Gasteiger partial charge in [0.15, 0.2) is 0 Å². The molecule has 1 aromatic rings. The number of ether oxygens (including phenoxy) is 1. The number of hydrogen-bond donors (Lipinski definition) is 0. The summed E-state index contributed by atoms with van der Waals surface area (Å²) in [6.07, 6.45) is 1.41. The zero-order chi connectivity index (χ0) is 9.54. The van der Waals surface area contributed by atoms with Crippen molar-refractivity contribution in [1.82, 2.24) is 0 Å². The number of benzene rings is 1. The molecule has 2 heterocycles. The highest BCUT2D eigenvalue weighted by Gasteiger charge is 2.28. The van der Waals surface area contributed by atoms with E-state index in [4.69, 9.17) is 4.74 Å². The first-order valence-electron chi connectivity index (χ1n) is 4.98. The van der Waals surface area contributed by atoms with E-state index in [1.807, 2.05) is 6.07 Å². The summed E-state index contributed by atoms with van der Waals surface area (Å²) in [4.78, 5) is 2.22. The molecule has 1 saturated heterocycles. The van der Waals surface area contributed by atoms with E-state index in [0.717, 1.165) is 31.8 Å². The maximum absolute atomic E-state index is 13.0. The molecule has 0 spiro atoms. The number of hydrogen-bond acceptors (Lipinski definition) is 2. The summed E-state index contributed by atoms with van der Waals surface area (Å²) in [5.41, 5.74) is 2.31. The lowest BCUT2D eigenvalue weighted by atomic mass is 10.2. The van der Waals surface area contributed by atoms with Gasteiger partial charge in [-0.25, -0.2) is 4.39 Å². The quantitative estimate of drug-likeness (QED) is 0.663. The fourth-order valence-electron chi connectivity index (χ4n) is 2.03. The lowest BCUT2D eigenvalue weighted by Crippen LogP contribution is -2.25. The van der Waals surface area contributed by atoms with E-state index >= 15 is 0 Å². The molecule has 0 N–H and O–H groups in total. The van der Waals surface area contributed by atoms with Crippen LogP contribution in [0.4, 0.5) is 10.1 Å². The SMILES string of the molecule is Fc1ccc2c(c1)N(CC1CO1)CC2. The number of halogens is 1. The minimum atomic E-state index is -0.146. The summed E-state index contributed by atoms with van der Waals surface area (Å²) in [5, 5.41) is 0. The van der Waals surface area contributed by atoms with Crippen molar-refractivity contribution in [3.8, 4) is 0 Å². The van der Waals surface area contributed by atoms with E-state index in [0.29, 0.717) is 6.10 Å². The van der Waals surface area contributed by atoms with Crippen LogP contribution in [0.25, 0.3) is 0 Å². The molecule has 0 amide bonds. The topological polar surface area (TPSA) is 15.8 Å². The lowest BCUT2D eigenvalue weighted by molar-refractivity contribution is 0.408. The van der Waals surface area contributed by atoms with Crippen LogP contribution >= 0.6 is 0 Å². The van der Waals surface area contributed by atoms with E-state index in [1.54, 1.807) is 6.07 Å². The van der Waals surface area contributed by atoms with Crippen LogP contribution in [0.15, 0.2) is 18.2 Å².